The highest BCUT2D eigenvalue weighted by Gasteiger charge is 2.36. The quantitative estimate of drug-likeness (QED) is 0.829. The van der Waals surface area contributed by atoms with Crippen molar-refractivity contribution in [3.8, 4) is 0 Å². The number of hydrogen-bond acceptors (Lipinski definition) is 2. The van der Waals surface area contributed by atoms with Gasteiger partial charge in [0.25, 0.3) is 0 Å². The van der Waals surface area contributed by atoms with Crippen LogP contribution in [0.15, 0.2) is 24.3 Å². The molecule has 1 atom stereocenters. The highest BCUT2D eigenvalue weighted by Crippen LogP contribution is 2.29. The number of benzene rings is 1. The van der Waals surface area contributed by atoms with Gasteiger partial charge in [0, 0.05) is 12.6 Å². The number of rotatable bonds is 5. The van der Waals surface area contributed by atoms with E-state index in [4.69, 9.17) is 5.11 Å². The minimum absolute atomic E-state index is 0.0950. The Morgan fingerprint density at radius 3 is 2.68 bits per heavy atom. The van der Waals surface area contributed by atoms with E-state index in [0.29, 0.717) is 5.56 Å². The van der Waals surface area contributed by atoms with Gasteiger partial charge in [-0.2, -0.15) is 0 Å². The van der Waals surface area contributed by atoms with E-state index < -0.39 is 17.8 Å². The van der Waals surface area contributed by atoms with E-state index in [2.05, 4.69) is 0 Å². The zero-order valence-electron chi connectivity index (χ0n) is 10.7. The van der Waals surface area contributed by atoms with Gasteiger partial charge < -0.3 is 10.0 Å². The smallest absolute Gasteiger partial charge is 0.315 e. The number of nitrogens with zero attached hydrogens (tertiary/aromatic N) is 1. The summed E-state index contributed by atoms with van der Waals surface area (Å²) < 4.78 is 13.1. The molecule has 1 unspecified atom stereocenters. The maximum absolute atomic E-state index is 13.1. The lowest BCUT2D eigenvalue weighted by molar-refractivity contribution is -0.150. The zero-order chi connectivity index (χ0) is 14.0. The first-order chi connectivity index (χ1) is 8.99. The van der Waals surface area contributed by atoms with Crippen LogP contribution in [-0.4, -0.2) is 27.9 Å². The third-order valence-electron chi connectivity index (χ3n) is 3.25. The van der Waals surface area contributed by atoms with Crippen molar-refractivity contribution in [2.75, 3.05) is 0 Å². The fourth-order valence-corrected chi connectivity index (χ4v) is 1.96. The second-order valence-corrected chi connectivity index (χ2v) is 4.89. The summed E-state index contributed by atoms with van der Waals surface area (Å²) in [6.45, 7) is 1.64. The predicted molar refractivity (Wildman–Crippen MR) is 66.8 cm³/mol. The van der Waals surface area contributed by atoms with Gasteiger partial charge in [-0.1, -0.05) is 12.1 Å². The molecule has 0 heterocycles. The lowest BCUT2D eigenvalue weighted by Crippen LogP contribution is -2.39. The van der Waals surface area contributed by atoms with E-state index in [0.717, 1.165) is 12.8 Å². The van der Waals surface area contributed by atoms with Crippen LogP contribution in [0.4, 0.5) is 4.39 Å². The van der Waals surface area contributed by atoms with Crippen molar-refractivity contribution in [1.82, 2.24) is 4.90 Å². The predicted octanol–water partition coefficient (Wildman–Crippen LogP) is 2.04. The first-order valence-corrected chi connectivity index (χ1v) is 6.26. The molecule has 1 saturated carbocycles. The Bertz CT molecular complexity index is 499. The summed E-state index contributed by atoms with van der Waals surface area (Å²) in [4.78, 5) is 24.5. The minimum atomic E-state index is -1.13. The van der Waals surface area contributed by atoms with Crippen molar-refractivity contribution in [3.63, 3.8) is 0 Å². The Morgan fingerprint density at radius 1 is 1.47 bits per heavy atom. The number of hydrogen-bond donors (Lipinski definition) is 1. The molecule has 0 aromatic heterocycles. The summed E-state index contributed by atoms with van der Waals surface area (Å²) in [5.41, 5.74) is 0.679. The third-order valence-corrected chi connectivity index (χ3v) is 3.25. The molecule has 2 rings (SSSR count). The molecule has 19 heavy (non-hydrogen) atoms. The van der Waals surface area contributed by atoms with Gasteiger partial charge >= 0.3 is 5.97 Å². The summed E-state index contributed by atoms with van der Waals surface area (Å²) in [5.74, 6) is -2.95. The van der Waals surface area contributed by atoms with Gasteiger partial charge in [0.2, 0.25) is 5.91 Å². The molecule has 1 aromatic rings. The van der Waals surface area contributed by atoms with Crippen LogP contribution < -0.4 is 0 Å². The molecule has 0 radical (unpaired) electrons. The number of amides is 1. The van der Waals surface area contributed by atoms with Gasteiger partial charge in [0.1, 0.15) is 11.7 Å². The normalized spacial score (nSPS) is 15.9. The topological polar surface area (TPSA) is 57.6 Å². The van der Waals surface area contributed by atoms with E-state index in [9.17, 15) is 14.0 Å². The van der Waals surface area contributed by atoms with Crippen molar-refractivity contribution >= 4 is 11.9 Å². The minimum Gasteiger partial charge on any atom is -0.481 e. The lowest BCUT2D eigenvalue weighted by Gasteiger charge is -2.24. The molecule has 0 aliphatic heterocycles. The number of carboxylic acid groups (broad SMARTS) is 1. The molecule has 0 saturated heterocycles. The lowest BCUT2D eigenvalue weighted by atomic mass is 10.1. The zero-order valence-corrected chi connectivity index (χ0v) is 10.7. The Kier molecular flexibility index (Phi) is 3.83. The first-order valence-electron chi connectivity index (χ1n) is 6.26. The maximum atomic E-state index is 13.1. The van der Waals surface area contributed by atoms with Crippen LogP contribution in [0.5, 0.6) is 0 Å². The molecule has 0 bridgehead atoms. The molecule has 1 fully saturated rings. The highest BCUT2D eigenvalue weighted by atomic mass is 19.1. The second kappa shape index (κ2) is 5.38. The Hall–Kier alpha value is -1.91. The highest BCUT2D eigenvalue weighted by molar-refractivity contribution is 5.96. The summed E-state index contributed by atoms with van der Waals surface area (Å²) >= 11 is 0. The molecule has 4 nitrogen and oxygen atoms in total. The largest absolute Gasteiger partial charge is 0.481 e. The van der Waals surface area contributed by atoms with E-state index in [1.165, 1.54) is 19.1 Å². The average molecular weight is 265 g/mol. The van der Waals surface area contributed by atoms with Crippen LogP contribution in [-0.2, 0) is 16.1 Å². The Labute approximate surface area is 110 Å². The molecule has 0 spiro atoms. The Balaban J connectivity index is 2.13. The average Bonchev–Trinajstić information content (AvgIpc) is 3.18. The van der Waals surface area contributed by atoms with Crippen LogP contribution in [0, 0.1) is 11.7 Å². The molecule has 1 amide bonds. The number of carbonyl (C=O) groups is 2. The van der Waals surface area contributed by atoms with Crippen LogP contribution >= 0.6 is 0 Å². The fourth-order valence-electron chi connectivity index (χ4n) is 1.96. The van der Waals surface area contributed by atoms with Gasteiger partial charge in [-0.25, -0.2) is 4.39 Å². The third kappa shape index (κ3) is 3.30. The molecule has 102 valence electrons. The van der Waals surface area contributed by atoms with Crippen molar-refractivity contribution in [2.24, 2.45) is 5.92 Å². The first kappa shape index (κ1) is 13.5. The Morgan fingerprint density at radius 2 is 2.16 bits per heavy atom. The number of aliphatic carboxylic acids is 1. The summed E-state index contributed by atoms with van der Waals surface area (Å²) in [7, 11) is 0. The van der Waals surface area contributed by atoms with Gasteiger partial charge in [-0.15, -0.1) is 0 Å². The van der Waals surface area contributed by atoms with E-state index >= 15 is 0 Å². The molecule has 1 aliphatic carbocycles. The second-order valence-electron chi connectivity index (χ2n) is 4.89. The molecular weight excluding hydrogens is 249 g/mol. The molecular formula is C14H16FNO3. The van der Waals surface area contributed by atoms with Crippen molar-refractivity contribution < 1.29 is 19.1 Å². The summed E-state index contributed by atoms with van der Waals surface area (Å²) in [6, 6.07) is 6.12. The van der Waals surface area contributed by atoms with Crippen molar-refractivity contribution in [2.45, 2.75) is 32.4 Å². The SMILES string of the molecule is CC(C(=O)O)C(=O)N(Cc1cccc(F)c1)C1CC1. The number of carbonyl (C=O) groups excluding carboxylic acids is 1. The summed E-state index contributed by atoms with van der Waals surface area (Å²) in [6.07, 6.45) is 1.76. The van der Waals surface area contributed by atoms with Gasteiger partial charge in [-0.05, 0) is 37.5 Å². The monoisotopic (exact) mass is 265 g/mol. The molecule has 1 aromatic carbocycles. The number of halogens is 1. The fraction of sp³-hybridized carbons (Fsp3) is 0.429. The van der Waals surface area contributed by atoms with Crippen LogP contribution in [0.25, 0.3) is 0 Å². The van der Waals surface area contributed by atoms with Crippen LogP contribution in [0.3, 0.4) is 0 Å². The summed E-state index contributed by atoms with van der Waals surface area (Å²) in [5, 5.41) is 8.91. The molecule has 1 N–H and O–H groups in total. The van der Waals surface area contributed by atoms with E-state index in [1.807, 2.05) is 0 Å². The van der Waals surface area contributed by atoms with E-state index in [-0.39, 0.29) is 18.4 Å². The maximum Gasteiger partial charge on any atom is 0.315 e. The van der Waals surface area contributed by atoms with Crippen LogP contribution in [0.1, 0.15) is 25.3 Å². The van der Waals surface area contributed by atoms with Gasteiger partial charge in [0.15, 0.2) is 0 Å². The number of carboxylic acids is 1. The van der Waals surface area contributed by atoms with E-state index in [1.54, 1.807) is 17.0 Å². The van der Waals surface area contributed by atoms with Crippen molar-refractivity contribution in [1.29, 1.82) is 0 Å². The molecule has 5 heteroatoms. The van der Waals surface area contributed by atoms with Crippen LogP contribution in [0.2, 0.25) is 0 Å². The van der Waals surface area contributed by atoms with Gasteiger partial charge in [0.05, 0.1) is 0 Å². The van der Waals surface area contributed by atoms with Gasteiger partial charge in [-0.3, -0.25) is 9.59 Å². The molecule has 1 aliphatic rings. The van der Waals surface area contributed by atoms with Crippen molar-refractivity contribution in [3.05, 3.63) is 35.6 Å². The standard InChI is InChI=1S/C14H16FNO3/c1-9(14(18)19)13(17)16(12-5-6-12)8-10-3-2-4-11(15)7-10/h2-4,7,9,12H,5-6,8H2,1H3,(H,18,19).